The number of hydrogen-bond acceptors (Lipinski definition) is 4. The average molecular weight is 511 g/mol. The molecule has 4 N–H and O–H groups in total. The molecule has 0 saturated carbocycles. The molecule has 5 rings (SSSR count). The van der Waals surface area contributed by atoms with Gasteiger partial charge in [-0.1, -0.05) is 72.8 Å². The standard InChI is InChI=1S/C35H34N4/c1-5-11-23-19-27(20-24(12-6-2)31(23)36)35(28-21-25(13-7-3)32(37)26(22-28)14-8-4)30-16-10-9-15-29(30)33-34(35)39-18-17-38-33/h5-10,15-22H,1-4,11-14,36-37H2. The van der Waals surface area contributed by atoms with Gasteiger partial charge in [-0.05, 0) is 64.6 Å². The van der Waals surface area contributed by atoms with Crippen LogP contribution in [0, 0.1) is 0 Å². The average Bonchev–Trinajstić information content (AvgIpc) is 3.25. The Balaban J connectivity index is 1.98. The van der Waals surface area contributed by atoms with E-state index in [0.29, 0.717) is 25.7 Å². The Morgan fingerprint density at radius 3 is 1.54 bits per heavy atom. The number of anilines is 2. The van der Waals surface area contributed by atoms with Crippen molar-refractivity contribution in [1.82, 2.24) is 9.97 Å². The Bertz CT molecular complexity index is 1430. The van der Waals surface area contributed by atoms with Gasteiger partial charge in [0, 0.05) is 29.3 Å². The van der Waals surface area contributed by atoms with Crippen LogP contribution in [0.1, 0.15) is 44.6 Å². The maximum Gasteiger partial charge on any atom is 0.0937 e. The summed E-state index contributed by atoms with van der Waals surface area (Å²) in [6.45, 7) is 16.0. The maximum absolute atomic E-state index is 6.68. The molecule has 0 atom stereocenters. The molecule has 4 heteroatoms. The van der Waals surface area contributed by atoms with Crippen LogP contribution in [-0.2, 0) is 31.1 Å². The molecule has 39 heavy (non-hydrogen) atoms. The Kier molecular flexibility index (Phi) is 7.03. The monoisotopic (exact) mass is 510 g/mol. The van der Waals surface area contributed by atoms with Gasteiger partial charge in [0.2, 0.25) is 0 Å². The minimum atomic E-state index is -0.737. The minimum absolute atomic E-state index is 0.653. The second-order valence-corrected chi connectivity index (χ2v) is 9.94. The zero-order chi connectivity index (χ0) is 27.6. The molecule has 0 aliphatic heterocycles. The molecule has 0 spiro atoms. The third-order valence-electron chi connectivity index (χ3n) is 7.67. The maximum atomic E-state index is 6.68. The predicted molar refractivity (Wildman–Crippen MR) is 164 cm³/mol. The molecular weight excluding hydrogens is 476 g/mol. The van der Waals surface area contributed by atoms with E-state index in [0.717, 1.165) is 67.3 Å². The number of nitrogens with zero attached hydrogens (tertiary/aromatic N) is 2. The first-order chi connectivity index (χ1) is 19.0. The SMILES string of the molecule is C=CCc1cc(C2(c3cc(CC=C)c(N)c(CC=C)c3)c3ccccc3-c3nccnc32)cc(CC=C)c1N. The summed E-state index contributed by atoms with van der Waals surface area (Å²) < 4.78 is 0. The predicted octanol–water partition coefficient (Wildman–Crippen LogP) is 6.92. The smallest absolute Gasteiger partial charge is 0.0937 e. The lowest BCUT2D eigenvalue weighted by atomic mass is 9.67. The van der Waals surface area contributed by atoms with Gasteiger partial charge in [0.05, 0.1) is 16.8 Å². The molecule has 3 aromatic carbocycles. The summed E-state index contributed by atoms with van der Waals surface area (Å²) in [6, 6.07) is 17.3. The van der Waals surface area contributed by atoms with E-state index < -0.39 is 5.41 Å². The Morgan fingerprint density at radius 1 is 0.641 bits per heavy atom. The Morgan fingerprint density at radius 2 is 1.08 bits per heavy atom. The second-order valence-electron chi connectivity index (χ2n) is 9.94. The summed E-state index contributed by atoms with van der Waals surface area (Å²) in [5.74, 6) is 0. The van der Waals surface area contributed by atoms with E-state index in [9.17, 15) is 0 Å². The first-order valence-corrected chi connectivity index (χ1v) is 13.2. The van der Waals surface area contributed by atoms with Gasteiger partial charge < -0.3 is 11.5 Å². The van der Waals surface area contributed by atoms with Crippen molar-refractivity contribution in [3.63, 3.8) is 0 Å². The van der Waals surface area contributed by atoms with Gasteiger partial charge in [-0.15, -0.1) is 26.3 Å². The van der Waals surface area contributed by atoms with Crippen molar-refractivity contribution in [3.05, 3.63) is 156 Å². The van der Waals surface area contributed by atoms with E-state index in [1.807, 2.05) is 24.3 Å². The van der Waals surface area contributed by atoms with Crippen molar-refractivity contribution in [2.24, 2.45) is 0 Å². The fraction of sp³-hybridized carbons (Fsp3) is 0.143. The van der Waals surface area contributed by atoms with Crippen LogP contribution in [0.4, 0.5) is 11.4 Å². The lowest BCUT2D eigenvalue weighted by molar-refractivity contribution is 0.729. The highest BCUT2D eigenvalue weighted by atomic mass is 14.8. The number of hydrogen-bond donors (Lipinski definition) is 2. The molecule has 1 heterocycles. The molecule has 0 radical (unpaired) electrons. The van der Waals surface area contributed by atoms with E-state index >= 15 is 0 Å². The van der Waals surface area contributed by atoms with Crippen LogP contribution >= 0.6 is 0 Å². The summed E-state index contributed by atoms with van der Waals surface area (Å²) in [6.07, 6.45) is 13.7. The van der Waals surface area contributed by atoms with E-state index in [2.05, 4.69) is 74.8 Å². The quantitative estimate of drug-likeness (QED) is 0.158. The molecule has 1 aliphatic rings. The van der Waals surface area contributed by atoms with Crippen molar-refractivity contribution < 1.29 is 0 Å². The third-order valence-corrected chi connectivity index (χ3v) is 7.67. The van der Waals surface area contributed by atoms with Crippen LogP contribution in [0.15, 0.2) is 112 Å². The minimum Gasteiger partial charge on any atom is -0.398 e. The number of nitrogens with two attached hydrogens (primary N) is 2. The number of benzene rings is 3. The van der Waals surface area contributed by atoms with Gasteiger partial charge in [-0.2, -0.15) is 0 Å². The van der Waals surface area contributed by atoms with E-state index in [1.165, 1.54) is 0 Å². The highest BCUT2D eigenvalue weighted by Gasteiger charge is 2.49. The van der Waals surface area contributed by atoms with Gasteiger partial charge in [-0.3, -0.25) is 9.97 Å². The van der Waals surface area contributed by atoms with Crippen molar-refractivity contribution in [1.29, 1.82) is 0 Å². The fourth-order valence-electron chi connectivity index (χ4n) is 5.99. The van der Waals surface area contributed by atoms with Crippen LogP contribution in [0.5, 0.6) is 0 Å². The highest BCUT2D eigenvalue weighted by molar-refractivity contribution is 5.83. The molecule has 1 aromatic heterocycles. The van der Waals surface area contributed by atoms with Gasteiger partial charge in [-0.25, -0.2) is 0 Å². The van der Waals surface area contributed by atoms with Crippen molar-refractivity contribution in [2.75, 3.05) is 11.5 Å². The Labute approximate surface area is 231 Å². The number of allylic oxidation sites excluding steroid dienone is 4. The van der Waals surface area contributed by atoms with Crippen molar-refractivity contribution in [3.8, 4) is 11.3 Å². The summed E-state index contributed by atoms with van der Waals surface area (Å²) in [4.78, 5) is 9.86. The molecule has 0 amide bonds. The Hall–Kier alpha value is -4.70. The van der Waals surface area contributed by atoms with Crippen molar-refractivity contribution in [2.45, 2.75) is 31.1 Å². The number of rotatable bonds is 10. The topological polar surface area (TPSA) is 77.8 Å². The largest absolute Gasteiger partial charge is 0.398 e. The summed E-state index contributed by atoms with van der Waals surface area (Å²) in [7, 11) is 0. The lowest BCUT2D eigenvalue weighted by Gasteiger charge is -2.34. The van der Waals surface area contributed by atoms with Gasteiger partial charge in [0.25, 0.3) is 0 Å². The first-order valence-electron chi connectivity index (χ1n) is 13.2. The number of nitrogen functional groups attached to an aromatic ring is 2. The van der Waals surface area contributed by atoms with Crippen LogP contribution in [0.3, 0.4) is 0 Å². The zero-order valence-electron chi connectivity index (χ0n) is 22.3. The normalized spacial score (nSPS) is 12.8. The lowest BCUT2D eigenvalue weighted by Crippen LogP contribution is -2.31. The second kappa shape index (κ2) is 10.6. The number of aromatic nitrogens is 2. The summed E-state index contributed by atoms with van der Waals surface area (Å²) in [5.41, 5.74) is 24.4. The molecule has 0 saturated heterocycles. The molecule has 1 aliphatic carbocycles. The molecule has 194 valence electrons. The molecule has 4 aromatic rings. The van der Waals surface area contributed by atoms with E-state index in [-0.39, 0.29) is 0 Å². The highest BCUT2D eigenvalue weighted by Crippen LogP contribution is 2.55. The zero-order valence-corrected chi connectivity index (χ0v) is 22.3. The van der Waals surface area contributed by atoms with Gasteiger partial charge >= 0.3 is 0 Å². The summed E-state index contributed by atoms with van der Waals surface area (Å²) >= 11 is 0. The fourth-order valence-corrected chi connectivity index (χ4v) is 5.99. The van der Waals surface area contributed by atoms with Crippen molar-refractivity contribution >= 4 is 11.4 Å². The van der Waals surface area contributed by atoms with Crippen LogP contribution in [0.2, 0.25) is 0 Å². The molecule has 0 fully saturated rings. The van der Waals surface area contributed by atoms with Crippen LogP contribution < -0.4 is 11.5 Å². The first kappa shape index (κ1) is 25.9. The van der Waals surface area contributed by atoms with E-state index in [4.69, 9.17) is 21.4 Å². The molecule has 4 nitrogen and oxygen atoms in total. The van der Waals surface area contributed by atoms with E-state index in [1.54, 1.807) is 12.4 Å². The number of fused-ring (bicyclic) bond motifs is 3. The molecule has 0 unspecified atom stereocenters. The third kappa shape index (κ3) is 4.09. The summed E-state index contributed by atoms with van der Waals surface area (Å²) in [5, 5.41) is 0. The van der Waals surface area contributed by atoms with Gasteiger partial charge in [0.1, 0.15) is 0 Å². The van der Waals surface area contributed by atoms with Gasteiger partial charge in [0.15, 0.2) is 0 Å². The molecule has 0 bridgehead atoms. The molecular formula is C35H34N4. The van der Waals surface area contributed by atoms with Crippen LogP contribution in [0.25, 0.3) is 11.3 Å². The van der Waals surface area contributed by atoms with Crippen LogP contribution in [-0.4, -0.2) is 9.97 Å².